The molecule has 3 nitrogen and oxygen atoms in total. The Labute approximate surface area is 137 Å². The normalized spacial score (nSPS) is 10.4. The topological polar surface area (TPSA) is 38.3 Å². The predicted molar refractivity (Wildman–Crippen MR) is 88.9 cm³/mol. The maximum Gasteiger partial charge on any atom is 0.262 e. The monoisotopic (exact) mass is 365 g/mol. The number of carbonyl (C=O) groups excluding carboxylic acids is 1. The minimum atomic E-state index is -0.366. The lowest BCUT2D eigenvalue weighted by Crippen LogP contribution is -2.21. The molecule has 0 aliphatic carbocycles. The molecule has 0 atom stereocenters. The summed E-state index contributed by atoms with van der Waals surface area (Å²) in [7, 11) is 0. The van der Waals surface area contributed by atoms with E-state index in [0.29, 0.717) is 10.2 Å². The van der Waals surface area contributed by atoms with E-state index in [0.717, 1.165) is 22.4 Å². The summed E-state index contributed by atoms with van der Waals surface area (Å²) < 4.78 is 18.9. The van der Waals surface area contributed by atoms with Gasteiger partial charge in [-0.2, -0.15) is 0 Å². The first-order valence-corrected chi connectivity index (χ1v) is 7.61. The van der Waals surface area contributed by atoms with Crippen molar-refractivity contribution < 1.29 is 13.9 Å². The fourth-order valence-electron chi connectivity index (χ4n) is 2.29. The number of benzene rings is 2. The Morgan fingerprint density at radius 2 is 1.82 bits per heavy atom. The number of carbonyl (C=O) groups is 1. The molecule has 0 bridgehead atoms. The summed E-state index contributed by atoms with van der Waals surface area (Å²) >= 11 is 3.20. The average Bonchev–Trinajstić information content (AvgIpc) is 2.42. The first-order chi connectivity index (χ1) is 10.4. The van der Waals surface area contributed by atoms with Gasteiger partial charge < -0.3 is 10.1 Å². The Kier molecular flexibility index (Phi) is 5.19. The second-order valence-corrected chi connectivity index (χ2v) is 6.04. The Morgan fingerprint density at radius 3 is 2.41 bits per heavy atom. The summed E-state index contributed by atoms with van der Waals surface area (Å²) in [6, 6.07) is 8.09. The quantitative estimate of drug-likeness (QED) is 0.864. The van der Waals surface area contributed by atoms with Crippen molar-refractivity contribution in [3.05, 3.63) is 57.3 Å². The van der Waals surface area contributed by atoms with E-state index in [9.17, 15) is 9.18 Å². The number of amides is 1. The second-order valence-electron chi connectivity index (χ2n) is 5.19. The van der Waals surface area contributed by atoms with Crippen LogP contribution in [0.2, 0.25) is 0 Å². The van der Waals surface area contributed by atoms with Gasteiger partial charge in [-0.3, -0.25) is 4.79 Å². The molecule has 2 rings (SSSR count). The summed E-state index contributed by atoms with van der Waals surface area (Å²) in [4.78, 5) is 12.0. The third-order valence-electron chi connectivity index (χ3n) is 3.19. The van der Waals surface area contributed by atoms with Gasteiger partial charge >= 0.3 is 0 Å². The van der Waals surface area contributed by atoms with E-state index in [1.807, 2.05) is 32.9 Å². The van der Waals surface area contributed by atoms with Gasteiger partial charge in [0.15, 0.2) is 6.61 Å². The smallest absolute Gasteiger partial charge is 0.262 e. The van der Waals surface area contributed by atoms with Crippen molar-refractivity contribution in [3.63, 3.8) is 0 Å². The number of anilines is 1. The summed E-state index contributed by atoms with van der Waals surface area (Å²) in [6.45, 7) is 5.78. The lowest BCUT2D eigenvalue weighted by Gasteiger charge is -2.13. The first kappa shape index (κ1) is 16.5. The molecule has 0 heterocycles. The van der Waals surface area contributed by atoms with Crippen LogP contribution in [0.3, 0.4) is 0 Å². The Morgan fingerprint density at radius 1 is 1.18 bits per heavy atom. The van der Waals surface area contributed by atoms with Crippen LogP contribution in [0.15, 0.2) is 34.8 Å². The molecule has 0 spiro atoms. The summed E-state index contributed by atoms with van der Waals surface area (Å²) in [5.41, 5.74) is 3.97. The summed E-state index contributed by atoms with van der Waals surface area (Å²) in [6.07, 6.45) is 0. The number of aryl methyl sites for hydroxylation is 3. The average molecular weight is 366 g/mol. The molecule has 1 N–H and O–H groups in total. The molecule has 2 aromatic carbocycles. The number of hydrogen-bond donors (Lipinski definition) is 1. The number of hydrogen-bond acceptors (Lipinski definition) is 2. The molecule has 0 aliphatic rings. The SMILES string of the molecule is Cc1cc(C)c(NC(=O)COc2ccc(F)cc2Br)c(C)c1. The van der Waals surface area contributed by atoms with E-state index in [2.05, 4.69) is 21.2 Å². The van der Waals surface area contributed by atoms with Crippen molar-refractivity contribution in [1.29, 1.82) is 0 Å². The largest absolute Gasteiger partial charge is 0.483 e. The summed E-state index contributed by atoms with van der Waals surface area (Å²) in [5.74, 6) is -0.199. The fourth-order valence-corrected chi connectivity index (χ4v) is 2.75. The van der Waals surface area contributed by atoms with E-state index >= 15 is 0 Å². The highest BCUT2D eigenvalue weighted by molar-refractivity contribution is 9.10. The number of halogens is 2. The van der Waals surface area contributed by atoms with E-state index in [4.69, 9.17) is 4.74 Å². The highest BCUT2D eigenvalue weighted by Crippen LogP contribution is 2.26. The van der Waals surface area contributed by atoms with E-state index < -0.39 is 0 Å². The molecule has 1 amide bonds. The maximum atomic E-state index is 13.0. The van der Waals surface area contributed by atoms with Crippen LogP contribution >= 0.6 is 15.9 Å². The van der Waals surface area contributed by atoms with Crippen molar-refractivity contribution in [2.24, 2.45) is 0 Å². The highest BCUT2D eigenvalue weighted by Gasteiger charge is 2.10. The Balaban J connectivity index is 2.02. The van der Waals surface area contributed by atoms with Gasteiger partial charge in [-0.25, -0.2) is 4.39 Å². The van der Waals surface area contributed by atoms with Gasteiger partial charge in [-0.15, -0.1) is 0 Å². The molecule has 0 unspecified atom stereocenters. The molecule has 5 heteroatoms. The van der Waals surface area contributed by atoms with Gasteiger partial charge in [-0.05, 0) is 66.0 Å². The highest BCUT2D eigenvalue weighted by atomic mass is 79.9. The standard InChI is InChI=1S/C17H17BrFNO2/c1-10-6-11(2)17(12(3)7-10)20-16(21)9-22-15-5-4-13(19)8-14(15)18/h4-8H,9H2,1-3H3,(H,20,21). The summed E-state index contributed by atoms with van der Waals surface area (Å²) in [5, 5.41) is 2.85. The lowest BCUT2D eigenvalue weighted by molar-refractivity contribution is -0.118. The molecule has 0 saturated heterocycles. The molecular formula is C17H17BrFNO2. The molecule has 0 aliphatic heterocycles. The number of nitrogens with one attached hydrogen (secondary N) is 1. The zero-order valence-electron chi connectivity index (χ0n) is 12.7. The zero-order valence-corrected chi connectivity index (χ0v) is 14.3. The first-order valence-electron chi connectivity index (χ1n) is 6.82. The Hall–Kier alpha value is -1.88. The molecule has 0 radical (unpaired) electrons. The van der Waals surface area contributed by atoms with Gasteiger partial charge in [0.05, 0.1) is 4.47 Å². The zero-order chi connectivity index (χ0) is 16.3. The van der Waals surface area contributed by atoms with Gasteiger partial charge in [0.2, 0.25) is 0 Å². The van der Waals surface area contributed by atoms with Gasteiger partial charge in [0.1, 0.15) is 11.6 Å². The molecule has 0 aromatic heterocycles. The van der Waals surface area contributed by atoms with Crippen LogP contribution < -0.4 is 10.1 Å². The van der Waals surface area contributed by atoms with Crippen LogP contribution in [0.25, 0.3) is 0 Å². The van der Waals surface area contributed by atoms with Crippen LogP contribution in [0.4, 0.5) is 10.1 Å². The van der Waals surface area contributed by atoms with Crippen LogP contribution in [0.1, 0.15) is 16.7 Å². The van der Waals surface area contributed by atoms with Crippen LogP contribution in [0, 0.1) is 26.6 Å². The van der Waals surface area contributed by atoms with E-state index in [1.165, 1.54) is 18.2 Å². The van der Waals surface area contributed by atoms with Gasteiger partial charge in [0, 0.05) is 5.69 Å². The number of rotatable bonds is 4. The Bertz CT molecular complexity index is 693. The predicted octanol–water partition coefficient (Wildman–Crippen LogP) is 4.53. The van der Waals surface area contributed by atoms with Gasteiger partial charge in [-0.1, -0.05) is 17.7 Å². The lowest BCUT2D eigenvalue weighted by atomic mass is 10.1. The third kappa shape index (κ3) is 4.07. The minimum Gasteiger partial charge on any atom is -0.483 e. The van der Waals surface area contributed by atoms with Crippen molar-refractivity contribution in [2.45, 2.75) is 20.8 Å². The molecule has 0 saturated carbocycles. The molecule has 2 aromatic rings. The van der Waals surface area contributed by atoms with Crippen LogP contribution in [-0.2, 0) is 4.79 Å². The molecule has 22 heavy (non-hydrogen) atoms. The fraction of sp³-hybridized carbons (Fsp3) is 0.235. The second kappa shape index (κ2) is 6.92. The molecule has 0 fully saturated rings. The molecule has 116 valence electrons. The van der Waals surface area contributed by atoms with E-state index in [-0.39, 0.29) is 18.3 Å². The van der Waals surface area contributed by atoms with Crippen molar-refractivity contribution in [3.8, 4) is 5.75 Å². The third-order valence-corrected chi connectivity index (χ3v) is 3.81. The van der Waals surface area contributed by atoms with Crippen molar-refractivity contribution >= 4 is 27.5 Å². The van der Waals surface area contributed by atoms with Crippen LogP contribution in [-0.4, -0.2) is 12.5 Å². The number of ether oxygens (including phenoxy) is 1. The van der Waals surface area contributed by atoms with Crippen LogP contribution in [0.5, 0.6) is 5.75 Å². The van der Waals surface area contributed by atoms with Gasteiger partial charge in [0.25, 0.3) is 5.91 Å². The maximum absolute atomic E-state index is 13.0. The van der Waals surface area contributed by atoms with Crippen molar-refractivity contribution in [2.75, 3.05) is 11.9 Å². The van der Waals surface area contributed by atoms with E-state index in [1.54, 1.807) is 0 Å². The minimum absolute atomic E-state index is 0.142. The molecular weight excluding hydrogens is 349 g/mol. The van der Waals surface area contributed by atoms with Crippen molar-refractivity contribution in [1.82, 2.24) is 0 Å².